The molecule has 0 saturated carbocycles. The molecule has 2 aromatic rings. The molecule has 0 aliphatic carbocycles. The monoisotopic (exact) mass is 279 g/mol. The van der Waals surface area contributed by atoms with Crippen molar-refractivity contribution in [2.24, 2.45) is 4.99 Å². The van der Waals surface area contributed by atoms with Crippen molar-refractivity contribution in [1.82, 2.24) is 5.01 Å². The van der Waals surface area contributed by atoms with Crippen LogP contribution >= 0.6 is 0 Å². The van der Waals surface area contributed by atoms with Gasteiger partial charge in [-0.15, -0.1) is 0 Å². The Hall–Kier alpha value is -2.62. The minimum absolute atomic E-state index is 0.0740. The first-order valence-electron chi connectivity index (χ1n) is 6.89. The van der Waals surface area contributed by atoms with Crippen LogP contribution in [-0.4, -0.2) is 16.8 Å². The molecule has 3 rings (SSSR count). The number of anilines is 1. The number of nitrogens with zero attached hydrogens (tertiary/aromatic N) is 2. The van der Waals surface area contributed by atoms with Crippen molar-refractivity contribution in [3.8, 4) is 0 Å². The summed E-state index contributed by atoms with van der Waals surface area (Å²) in [6, 6.07) is 19.3. The fourth-order valence-corrected chi connectivity index (χ4v) is 2.51. The smallest absolute Gasteiger partial charge is 0.279 e. The molecule has 1 atom stereocenters. The molecule has 106 valence electrons. The van der Waals surface area contributed by atoms with Gasteiger partial charge in [0.15, 0.2) is 5.54 Å². The highest BCUT2D eigenvalue weighted by Gasteiger charge is 2.44. The van der Waals surface area contributed by atoms with Gasteiger partial charge in [0, 0.05) is 0 Å². The van der Waals surface area contributed by atoms with Crippen molar-refractivity contribution in [3.63, 3.8) is 0 Å². The molecular formula is C17H17N3O. The van der Waals surface area contributed by atoms with Crippen molar-refractivity contribution >= 4 is 17.4 Å². The van der Waals surface area contributed by atoms with Crippen molar-refractivity contribution in [2.75, 3.05) is 5.43 Å². The average molecular weight is 279 g/mol. The normalized spacial score (nSPS) is 21.3. The summed E-state index contributed by atoms with van der Waals surface area (Å²) in [5.74, 6) is 0.588. The molecule has 4 heteroatoms. The third-order valence-corrected chi connectivity index (χ3v) is 3.68. The van der Waals surface area contributed by atoms with Gasteiger partial charge in [0.05, 0.1) is 5.69 Å². The van der Waals surface area contributed by atoms with Gasteiger partial charge in [0.2, 0.25) is 0 Å². The van der Waals surface area contributed by atoms with Crippen molar-refractivity contribution in [3.05, 3.63) is 66.2 Å². The topological polar surface area (TPSA) is 44.7 Å². The number of benzene rings is 2. The molecule has 0 aromatic heterocycles. The Labute approximate surface area is 124 Å². The van der Waals surface area contributed by atoms with Crippen molar-refractivity contribution in [2.45, 2.75) is 19.4 Å². The highest BCUT2D eigenvalue weighted by atomic mass is 16.2. The maximum Gasteiger partial charge on any atom is 0.279 e. The summed E-state index contributed by atoms with van der Waals surface area (Å²) in [6.07, 6.45) is 0. The molecule has 1 heterocycles. The van der Waals surface area contributed by atoms with E-state index in [1.54, 1.807) is 0 Å². The molecule has 0 spiro atoms. The lowest BCUT2D eigenvalue weighted by atomic mass is 9.92. The molecule has 1 aliphatic rings. The molecular weight excluding hydrogens is 262 g/mol. The van der Waals surface area contributed by atoms with Crippen LogP contribution in [0.5, 0.6) is 0 Å². The number of carbonyl (C=O) groups is 1. The Morgan fingerprint density at radius 3 is 2.19 bits per heavy atom. The maximum atomic E-state index is 12.8. The molecule has 1 amide bonds. The zero-order chi connectivity index (χ0) is 14.9. The van der Waals surface area contributed by atoms with Crippen molar-refractivity contribution in [1.29, 1.82) is 0 Å². The molecule has 2 aromatic carbocycles. The van der Waals surface area contributed by atoms with Gasteiger partial charge in [-0.3, -0.25) is 10.2 Å². The summed E-state index contributed by atoms with van der Waals surface area (Å²) >= 11 is 0. The Bertz CT molecular complexity index is 682. The van der Waals surface area contributed by atoms with E-state index in [2.05, 4.69) is 10.4 Å². The van der Waals surface area contributed by atoms with Crippen molar-refractivity contribution < 1.29 is 4.79 Å². The minimum Gasteiger partial charge on any atom is -0.290 e. The number of amidine groups is 1. The lowest BCUT2D eigenvalue weighted by Crippen LogP contribution is -2.42. The molecule has 4 nitrogen and oxygen atoms in total. The number of amides is 1. The summed E-state index contributed by atoms with van der Waals surface area (Å²) in [5.41, 5.74) is 4.00. The summed E-state index contributed by atoms with van der Waals surface area (Å²) < 4.78 is 0. The van der Waals surface area contributed by atoms with Gasteiger partial charge in [0.25, 0.3) is 5.91 Å². The van der Waals surface area contributed by atoms with E-state index in [9.17, 15) is 4.79 Å². The highest BCUT2D eigenvalue weighted by Crippen LogP contribution is 2.33. The average Bonchev–Trinajstić information content (AvgIpc) is 2.74. The first-order valence-corrected chi connectivity index (χ1v) is 6.89. The zero-order valence-corrected chi connectivity index (χ0v) is 12.1. The Morgan fingerprint density at radius 2 is 1.57 bits per heavy atom. The fourth-order valence-electron chi connectivity index (χ4n) is 2.51. The number of aliphatic imine (C=N–C) groups is 1. The van der Waals surface area contributed by atoms with Crippen LogP contribution in [0.25, 0.3) is 0 Å². The third-order valence-electron chi connectivity index (χ3n) is 3.68. The Kier molecular flexibility index (Phi) is 3.22. The maximum absolute atomic E-state index is 12.8. The predicted octanol–water partition coefficient (Wildman–Crippen LogP) is 3.19. The Balaban J connectivity index is 1.91. The van der Waals surface area contributed by atoms with Crippen LogP contribution in [0.1, 0.15) is 19.4 Å². The van der Waals surface area contributed by atoms with Gasteiger partial charge < -0.3 is 0 Å². The number of hydrogen-bond acceptors (Lipinski definition) is 3. The van der Waals surface area contributed by atoms with E-state index in [0.29, 0.717) is 5.84 Å². The number of carbonyl (C=O) groups excluding carboxylic acids is 1. The van der Waals surface area contributed by atoms with E-state index < -0.39 is 5.54 Å². The summed E-state index contributed by atoms with van der Waals surface area (Å²) in [7, 11) is 0. The first-order chi connectivity index (χ1) is 10.1. The molecule has 0 bridgehead atoms. The summed E-state index contributed by atoms with van der Waals surface area (Å²) in [5, 5.41) is 1.52. The quantitative estimate of drug-likeness (QED) is 0.937. The van der Waals surface area contributed by atoms with Gasteiger partial charge in [-0.2, -0.15) is 0 Å². The first kappa shape index (κ1) is 13.4. The SMILES string of the molecule is CC1=NC(C)(c2ccccc2)C(=O)N1Nc1ccccc1. The van der Waals surface area contributed by atoms with Crippen LogP contribution in [0.3, 0.4) is 0 Å². The van der Waals surface area contributed by atoms with Crippen LogP contribution < -0.4 is 5.43 Å². The van der Waals surface area contributed by atoms with E-state index in [-0.39, 0.29) is 5.91 Å². The minimum atomic E-state index is -0.868. The lowest BCUT2D eigenvalue weighted by Gasteiger charge is -2.23. The number of para-hydroxylation sites is 1. The predicted molar refractivity (Wildman–Crippen MR) is 83.8 cm³/mol. The van der Waals surface area contributed by atoms with Crippen LogP contribution in [0.4, 0.5) is 5.69 Å². The summed E-state index contributed by atoms with van der Waals surface area (Å²) in [6.45, 7) is 3.68. The van der Waals surface area contributed by atoms with E-state index in [0.717, 1.165) is 11.3 Å². The largest absolute Gasteiger partial charge is 0.290 e. The second-order valence-electron chi connectivity index (χ2n) is 5.22. The Morgan fingerprint density at radius 1 is 1.00 bits per heavy atom. The van der Waals surface area contributed by atoms with Gasteiger partial charge in [-0.1, -0.05) is 48.5 Å². The summed E-state index contributed by atoms with van der Waals surface area (Å²) in [4.78, 5) is 17.4. The standard InChI is InChI=1S/C17H17N3O/c1-13-18-17(2,14-9-5-3-6-10-14)16(21)20(13)19-15-11-7-4-8-12-15/h3-12,19H,1-2H3. The number of hydrazine groups is 1. The zero-order valence-electron chi connectivity index (χ0n) is 12.1. The number of nitrogens with one attached hydrogen (secondary N) is 1. The van der Waals surface area contributed by atoms with Crippen LogP contribution in [0, 0.1) is 0 Å². The van der Waals surface area contributed by atoms with Crippen LogP contribution in [-0.2, 0) is 10.3 Å². The van der Waals surface area contributed by atoms with Gasteiger partial charge in [-0.25, -0.2) is 10.0 Å². The molecule has 0 radical (unpaired) electrons. The number of hydrogen-bond donors (Lipinski definition) is 1. The molecule has 0 fully saturated rings. The second-order valence-corrected chi connectivity index (χ2v) is 5.22. The number of rotatable bonds is 3. The van der Waals surface area contributed by atoms with E-state index in [1.807, 2.05) is 74.5 Å². The fraction of sp³-hybridized carbons (Fsp3) is 0.176. The molecule has 21 heavy (non-hydrogen) atoms. The van der Waals surface area contributed by atoms with Crippen LogP contribution in [0.15, 0.2) is 65.7 Å². The van der Waals surface area contributed by atoms with E-state index >= 15 is 0 Å². The van der Waals surface area contributed by atoms with Gasteiger partial charge in [0.1, 0.15) is 5.84 Å². The molecule has 1 N–H and O–H groups in total. The lowest BCUT2D eigenvalue weighted by molar-refractivity contribution is -0.130. The molecule has 0 saturated heterocycles. The molecule has 1 unspecified atom stereocenters. The highest BCUT2D eigenvalue weighted by molar-refractivity contribution is 6.08. The van der Waals surface area contributed by atoms with E-state index in [1.165, 1.54) is 5.01 Å². The van der Waals surface area contributed by atoms with Gasteiger partial charge in [-0.05, 0) is 31.5 Å². The van der Waals surface area contributed by atoms with Crippen LogP contribution in [0.2, 0.25) is 0 Å². The van der Waals surface area contributed by atoms with E-state index in [4.69, 9.17) is 0 Å². The van der Waals surface area contributed by atoms with Gasteiger partial charge >= 0.3 is 0 Å². The second kappa shape index (κ2) is 5.05. The third kappa shape index (κ3) is 2.29. The molecule has 1 aliphatic heterocycles.